The fourth-order valence-corrected chi connectivity index (χ4v) is 1.44. The van der Waals surface area contributed by atoms with E-state index in [0.29, 0.717) is 12.0 Å². The lowest BCUT2D eigenvalue weighted by Gasteiger charge is -2.06. The van der Waals surface area contributed by atoms with Crippen LogP contribution in [0.5, 0.6) is 0 Å². The third-order valence-corrected chi connectivity index (χ3v) is 2.80. The Bertz CT molecular complexity index is 272. The molecule has 16 heavy (non-hydrogen) atoms. The predicted molar refractivity (Wildman–Crippen MR) is 59.8 cm³/mol. The highest BCUT2D eigenvalue weighted by Crippen LogP contribution is 2.27. The maximum atomic E-state index is 11.3. The number of carbonyl (C=O) groups excluding carboxylic acids is 2. The van der Waals surface area contributed by atoms with Crippen LogP contribution in [0.3, 0.4) is 0 Å². The van der Waals surface area contributed by atoms with E-state index in [1.807, 2.05) is 0 Å². The van der Waals surface area contributed by atoms with E-state index in [-0.39, 0.29) is 24.9 Å². The average Bonchev–Trinajstić information content (AvgIpc) is 3.09. The van der Waals surface area contributed by atoms with Crippen LogP contribution in [-0.2, 0) is 9.59 Å². The quantitative estimate of drug-likeness (QED) is 0.541. The molecule has 0 aromatic heterocycles. The molecule has 0 atom stereocenters. The van der Waals surface area contributed by atoms with Gasteiger partial charge in [0, 0.05) is 12.6 Å². The SMILES string of the molecule is O=C(CNCC(=O)NC1CC1)NCC1CC1. The van der Waals surface area contributed by atoms with E-state index < -0.39 is 0 Å². The van der Waals surface area contributed by atoms with Crippen LogP contribution in [0.2, 0.25) is 0 Å². The summed E-state index contributed by atoms with van der Waals surface area (Å²) in [5, 5.41) is 8.53. The topological polar surface area (TPSA) is 70.2 Å². The van der Waals surface area contributed by atoms with Gasteiger partial charge in [-0.05, 0) is 31.6 Å². The Hall–Kier alpha value is -1.10. The van der Waals surface area contributed by atoms with Crippen molar-refractivity contribution in [1.82, 2.24) is 16.0 Å². The van der Waals surface area contributed by atoms with Gasteiger partial charge in [-0.1, -0.05) is 0 Å². The summed E-state index contributed by atoms with van der Waals surface area (Å²) in [4.78, 5) is 22.5. The second kappa shape index (κ2) is 5.30. The molecule has 90 valence electrons. The molecule has 2 aliphatic rings. The van der Waals surface area contributed by atoms with E-state index in [1.54, 1.807) is 0 Å². The highest BCUT2D eigenvalue weighted by atomic mass is 16.2. The summed E-state index contributed by atoms with van der Waals surface area (Å²) in [6, 6.07) is 0.387. The monoisotopic (exact) mass is 225 g/mol. The van der Waals surface area contributed by atoms with Crippen molar-refractivity contribution in [3.63, 3.8) is 0 Å². The van der Waals surface area contributed by atoms with E-state index in [2.05, 4.69) is 16.0 Å². The molecule has 0 aliphatic heterocycles. The minimum Gasteiger partial charge on any atom is -0.355 e. The van der Waals surface area contributed by atoms with Crippen molar-refractivity contribution in [2.75, 3.05) is 19.6 Å². The standard InChI is InChI=1S/C11H19N3O2/c15-10(13-5-8-1-2-8)6-12-7-11(16)14-9-3-4-9/h8-9,12H,1-7H2,(H,13,15)(H,14,16). The number of hydrogen-bond donors (Lipinski definition) is 3. The molecular weight excluding hydrogens is 206 g/mol. The molecule has 0 saturated heterocycles. The highest BCUT2D eigenvalue weighted by molar-refractivity contribution is 5.81. The van der Waals surface area contributed by atoms with Crippen LogP contribution in [0.4, 0.5) is 0 Å². The van der Waals surface area contributed by atoms with Gasteiger partial charge in [0.05, 0.1) is 13.1 Å². The van der Waals surface area contributed by atoms with Gasteiger partial charge in [-0.3, -0.25) is 14.9 Å². The van der Waals surface area contributed by atoms with E-state index in [4.69, 9.17) is 0 Å². The van der Waals surface area contributed by atoms with Crippen molar-refractivity contribution in [3.05, 3.63) is 0 Å². The van der Waals surface area contributed by atoms with E-state index in [0.717, 1.165) is 19.4 Å². The van der Waals surface area contributed by atoms with Crippen molar-refractivity contribution in [1.29, 1.82) is 0 Å². The summed E-state index contributed by atoms with van der Waals surface area (Å²) in [7, 11) is 0. The van der Waals surface area contributed by atoms with Gasteiger partial charge in [-0.25, -0.2) is 0 Å². The summed E-state index contributed by atoms with van der Waals surface area (Å²) in [6.07, 6.45) is 4.65. The summed E-state index contributed by atoms with van der Waals surface area (Å²) >= 11 is 0. The zero-order chi connectivity index (χ0) is 11.4. The Kier molecular flexibility index (Phi) is 3.77. The second-order valence-electron chi connectivity index (χ2n) is 4.69. The first-order chi connectivity index (χ1) is 7.74. The van der Waals surface area contributed by atoms with Gasteiger partial charge in [0.1, 0.15) is 0 Å². The summed E-state index contributed by atoms with van der Waals surface area (Å²) in [5.41, 5.74) is 0. The van der Waals surface area contributed by atoms with E-state index in [9.17, 15) is 9.59 Å². The van der Waals surface area contributed by atoms with Crippen molar-refractivity contribution in [2.24, 2.45) is 5.92 Å². The number of rotatable bonds is 7. The third-order valence-electron chi connectivity index (χ3n) is 2.80. The van der Waals surface area contributed by atoms with Crippen LogP contribution in [0.25, 0.3) is 0 Å². The molecule has 2 fully saturated rings. The molecule has 0 radical (unpaired) electrons. The summed E-state index contributed by atoms with van der Waals surface area (Å²) in [6.45, 7) is 1.24. The van der Waals surface area contributed by atoms with E-state index >= 15 is 0 Å². The molecule has 2 aliphatic carbocycles. The maximum absolute atomic E-state index is 11.3. The molecule has 2 saturated carbocycles. The molecule has 0 bridgehead atoms. The van der Waals surface area contributed by atoms with Gasteiger partial charge < -0.3 is 10.6 Å². The fourth-order valence-electron chi connectivity index (χ4n) is 1.44. The van der Waals surface area contributed by atoms with Gasteiger partial charge in [0.25, 0.3) is 0 Å². The molecular formula is C11H19N3O2. The fraction of sp³-hybridized carbons (Fsp3) is 0.818. The molecule has 0 spiro atoms. The second-order valence-corrected chi connectivity index (χ2v) is 4.69. The highest BCUT2D eigenvalue weighted by Gasteiger charge is 2.23. The number of hydrogen-bond acceptors (Lipinski definition) is 3. The lowest BCUT2D eigenvalue weighted by atomic mass is 10.4. The zero-order valence-corrected chi connectivity index (χ0v) is 9.42. The molecule has 2 amide bonds. The molecule has 5 nitrogen and oxygen atoms in total. The van der Waals surface area contributed by atoms with Crippen molar-refractivity contribution < 1.29 is 9.59 Å². The number of amides is 2. The lowest BCUT2D eigenvalue weighted by molar-refractivity contribution is -0.121. The Labute approximate surface area is 95.3 Å². The lowest BCUT2D eigenvalue weighted by Crippen LogP contribution is -2.40. The first-order valence-corrected chi connectivity index (χ1v) is 6.01. The van der Waals surface area contributed by atoms with Crippen molar-refractivity contribution in [3.8, 4) is 0 Å². The zero-order valence-electron chi connectivity index (χ0n) is 9.42. The molecule has 0 unspecified atom stereocenters. The average molecular weight is 225 g/mol. The van der Waals surface area contributed by atoms with Gasteiger partial charge in [-0.2, -0.15) is 0 Å². The van der Waals surface area contributed by atoms with Crippen LogP contribution < -0.4 is 16.0 Å². The third kappa shape index (κ3) is 4.61. The molecule has 0 aromatic rings. The van der Waals surface area contributed by atoms with Crippen LogP contribution in [-0.4, -0.2) is 37.5 Å². The van der Waals surface area contributed by atoms with Gasteiger partial charge in [0.15, 0.2) is 0 Å². The predicted octanol–water partition coefficient (Wildman–Crippen LogP) is -0.619. The van der Waals surface area contributed by atoms with Crippen molar-refractivity contribution >= 4 is 11.8 Å². The largest absolute Gasteiger partial charge is 0.355 e. The van der Waals surface area contributed by atoms with Crippen LogP contribution in [0, 0.1) is 5.92 Å². The molecule has 5 heteroatoms. The molecule has 0 heterocycles. The Morgan fingerprint density at radius 1 is 1.00 bits per heavy atom. The van der Waals surface area contributed by atoms with Crippen LogP contribution in [0.1, 0.15) is 25.7 Å². The van der Waals surface area contributed by atoms with Crippen LogP contribution >= 0.6 is 0 Å². The van der Waals surface area contributed by atoms with Crippen LogP contribution in [0.15, 0.2) is 0 Å². The van der Waals surface area contributed by atoms with Gasteiger partial charge in [0.2, 0.25) is 11.8 Å². The summed E-state index contributed by atoms with van der Waals surface area (Å²) < 4.78 is 0. The number of carbonyl (C=O) groups is 2. The number of nitrogens with one attached hydrogen (secondary N) is 3. The molecule has 3 N–H and O–H groups in total. The smallest absolute Gasteiger partial charge is 0.234 e. The first-order valence-electron chi connectivity index (χ1n) is 6.01. The Balaban J connectivity index is 1.45. The first kappa shape index (κ1) is 11.4. The minimum atomic E-state index is -0.0221. The Morgan fingerprint density at radius 3 is 2.31 bits per heavy atom. The maximum Gasteiger partial charge on any atom is 0.234 e. The minimum absolute atomic E-state index is 0.0162. The van der Waals surface area contributed by atoms with Crippen molar-refractivity contribution in [2.45, 2.75) is 31.7 Å². The Morgan fingerprint density at radius 2 is 1.69 bits per heavy atom. The molecule has 0 aromatic carbocycles. The normalized spacial score (nSPS) is 19.2. The summed E-state index contributed by atoms with van der Waals surface area (Å²) in [5.74, 6) is 0.658. The van der Waals surface area contributed by atoms with Gasteiger partial charge in [-0.15, -0.1) is 0 Å². The molecule has 2 rings (SSSR count). The van der Waals surface area contributed by atoms with Gasteiger partial charge >= 0.3 is 0 Å². The van der Waals surface area contributed by atoms with E-state index in [1.165, 1.54) is 12.8 Å².